The van der Waals surface area contributed by atoms with Crippen molar-refractivity contribution in [1.82, 2.24) is 0 Å². The van der Waals surface area contributed by atoms with Gasteiger partial charge in [0.15, 0.2) is 6.10 Å². The van der Waals surface area contributed by atoms with E-state index in [-0.39, 0.29) is 5.91 Å². The third-order valence-electron chi connectivity index (χ3n) is 3.93. The summed E-state index contributed by atoms with van der Waals surface area (Å²) in [6.07, 6.45) is -0.560. The lowest BCUT2D eigenvalue weighted by Gasteiger charge is -2.18. The SMILES string of the molecule is Cc1cc(C)cc(NC(=O)C(C)Oc2cc(C)cc(C)c2C)c1. The van der Waals surface area contributed by atoms with Gasteiger partial charge in [0, 0.05) is 5.69 Å². The number of hydrogen-bond donors (Lipinski definition) is 1. The van der Waals surface area contributed by atoms with Crippen LogP contribution in [0.1, 0.15) is 34.7 Å². The summed E-state index contributed by atoms with van der Waals surface area (Å²) < 4.78 is 5.89. The first-order valence-corrected chi connectivity index (χ1v) is 7.90. The number of ether oxygens (including phenoxy) is 1. The maximum Gasteiger partial charge on any atom is 0.265 e. The highest BCUT2D eigenvalue weighted by molar-refractivity contribution is 5.94. The molecule has 1 amide bonds. The van der Waals surface area contributed by atoms with E-state index in [2.05, 4.69) is 24.4 Å². The summed E-state index contributed by atoms with van der Waals surface area (Å²) in [6, 6.07) is 10.1. The maximum atomic E-state index is 12.4. The first-order chi connectivity index (χ1) is 10.8. The van der Waals surface area contributed by atoms with Crippen LogP contribution in [-0.4, -0.2) is 12.0 Å². The third-order valence-corrected chi connectivity index (χ3v) is 3.93. The van der Waals surface area contributed by atoms with Crippen LogP contribution >= 0.6 is 0 Å². The molecule has 0 heterocycles. The van der Waals surface area contributed by atoms with E-state index in [1.807, 2.05) is 45.9 Å². The van der Waals surface area contributed by atoms with Gasteiger partial charge in [0.1, 0.15) is 5.75 Å². The second kappa shape index (κ2) is 6.86. The van der Waals surface area contributed by atoms with Gasteiger partial charge in [-0.3, -0.25) is 4.79 Å². The summed E-state index contributed by atoms with van der Waals surface area (Å²) in [5.74, 6) is 0.624. The third kappa shape index (κ3) is 4.35. The molecule has 0 aromatic heterocycles. The number of hydrogen-bond acceptors (Lipinski definition) is 2. The molecular weight excluding hydrogens is 286 g/mol. The Hall–Kier alpha value is -2.29. The molecular formula is C20H25NO2. The fourth-order valence-corrected chi connectivity index (χ4v) is 2.66. The standard InChI is InChI=1S/C20H25NO2/c1-12-7-13(2)10-18(9-12)21-20(22)17(6)23-19-11-14(3)8-15(4)16(19)5/h7-11,17H,1-6H3,(H,21,22). The molecule has 3 heteroatoms. The van der Waals surface area contributed by atoms with Crippen LogP contribution in [0.2, 0.25) is 0 Å². The highest BCUT2D eigenvalue weighted by atomic mass is 16.5. The fraction of sp³-hybridized carbons (Fsp3) is 0.350. The molecule has 1 atom stereocenters. The number of amides is 1. The van der Waals surface area contributed by atoms with Gasteiger partial charge in [-0.15, -0.1) is 0 Å². The molecule has 0 spiro atoms. The number of carbonyl (C=O) groups excluding carboxylic acids is 1. The van der Waals surface area contributed by atoms with Crippen molar-refractivity contribution in [2.24, 2.45) is 0 Å². The monoisotopic (exact) mass is 311 g/mol. The summed E-state index contributed by atoms with van der Waals surface area (Å²) in [5, 5.41) is 2.93. The molecule has 2 aromatic rings. The van der Waals surface area contributed by atoms with Crippen molar-refractivity contribution in [2.75, 3.05) is 5.32 Å². The summed E-state index contributed by atoms with van der Waals surface area (Å²) in [7, 11) is 0. The van der Waals surface area contributed by atoms with E-state index in [0.29, 0.717) is 0 Å². The van der Waals surface area contributed by atoms with E-state index >= 15 is 0 Å². The van der Waals surface area contributed by atoms with Gasteiger partial charge in [-0.2, -0.15) is 0 Å². The molecule has 0 fully saturated rings. The molecule has 0 radical (unpaired) electrons. The van der Waals surface area contributed by atoms with Crippen molar-refractivity contribution in [2.45, 2.75) is 47.6 Å². The second-order valence-electron chi connectivity index (χ2n) is 6.33. The lowest BCUT2D eigenvalue weighted by atomic mass is 10.1. The van der Waals surface area contributed by atoms with Crippen LogP contribution in [-0.2, 0) is 4.79 Å². The Labute approximate surface area is 138 Å². The molecule has 0 aliphatic carbocycles. The topological polar surface area (TPSA) is 38.3 Å². The van der Waals surface area contributed by atoms with Crippen molar-refractivity contribution in [1.29, 1.82) is 0 Å². The Kier molecular flexibility index (Phi) is 5.09. The maximum absolute atomic E-state index is 12.4. The molecule has 122 valence electrons. The lowest BCUT2D eigenvalue weighted by Crippen LogP contribution is -2.30. The van der Waals surface area contributed by atoms with Crippen molar-refractivity contribution in [3.05, 3.63) is 58.1 Å². The Bertz CT molecular complexity index is 714. The lowest BCUT2D eigenvalue weighted by molar-refractivity contribution is -0.122. The van der Waals surface area contributed by atoms with Gasteiger partial charge < -0.3 is 10.1 Å². The van der Waals surface area contributed by atoms with Crippen LogP contribution in [0.4, 0.5) is 5.69 Å². The fourth-order valence-electron chi connectivity index (χ4n) is 2.66. The summed E-state index contributed by atoms with van der Waals surface area (Å²) in [4.78, 5) is 12.4. The predicted octanol–water partition coefficient (Wildman–Crippen LogP) is 4.63. The predicted molar refractivity (Wildman–Crippen MR) is 95.3 cm³/mol. The first-order valence-electron chi connectivity index (χ1n) is 7.90. The van der Waals surface area contributed by atoms with Crippen LogP contribution in [0.25, 0.3) is 0 Å². The molecule has 1 N–H and O–H groups in total. The molecule has 0 saturated carbocycles. The summed E-state index contributed by atoms with van der Waals surface area (Å²) in [5.41, 5.74) is 6.42. The zero-order valence-electron chi connectivity index (χ0n) is 14.8. The quantitative estimate of drug-likeness (QED) is 0.893. The molecule has 23 heavy (non-hydrogen) atoms. The van der Waals surface area contributed by atoms with Gasteiger partial charge in [-0.05, 0) is 87.6 Å². The number of aryl methyl sites for hydroxylation is 4. The number of rotatable bonds is 4. The van der Waals surface area contributed by atoms with E-state index < -0.39 is 6.10 Å². The molecule has 0 saturated heterocycles. The molecule has 0 bridgehead atoms. The number of carbonyl (C=O) groups is 1. The molecule has 0 aliphatic heterocycles. The second-order valence-corrected chi connectivity index (χ2v) is 6.33. The average Bonchev–Trinajstić information content (AvgIpc) is 2.42. The van der Waals surface area contributed by atoms with E-state index in [1.54, 1.807) is 6.92 Å². The van der Waals surface area contributed by atoms with E-state index in [1.165, 1.54) is 5.56 Å². The Morgan fingerprint density at radius 3 is 2.09 bits per heavy atom. The smallest absolute Gasteiger partial charge is 0.265 e. The Morgan fingerprint density at radius 1 is 0.913 bits per heavy atom. The van der Waals surface area contributed by atoms with Crippen LogP contribution in [0.3, 0.4) is 0 Å². The molecule has 1 unspecified atom stereocenters. The van der Waals surface area contributed by atoms with Crippen molar-refractivity contribution >= 4 is 11.6 Å². The Balaban J connectivity index is 2.11. The van der Waals surface area contributed by atoms with Gasteiger partial charge in [-0.25, -0.2) is 0 Å². The Morgan fingerprint density at radius 2 is 1.48 bits per heavy atom. The minimum Gasteiger partial charge on any atom is -0.481 e. The molecule has 2 aromatic carbocycles. The van der Waals surface area contributed by atoms with Crippen molar-refractivity contribution in [3.63, 3.8) is 0 Å². The van der Waals surface area contributed by atoms with Gasteiger partial charge in [0.05, 0.1) is 0 Å². The van der Waals surface area contributed by atoms with Crippen molar-refractivity contribution < 1.29 is 9.53 Å². The van der Waals surface area contributed by atoms with Gasteiger partial charge in [0.25, 0.3) is 5.91 Å². The van der Waals surface area contributed by atoms with Crippen LogP contribution < -0.4 is 10.1 Å². The zero-order valence-corrected chi connectivity index (χ0v) is 14.8. The zero-order chi connectivity index (χ0) is 17.1. The van der Waals surface area contributed by atoms with E-state index in [0.717, 1.165) is 33.7 Å². The van der Waals surface area contributed by atoms with E-state index in [4.69, 9.17) is 4.74 Å². The minimum absolute atomic E-state index is 0.145. The number of anilines is 1. The number of nitrogens with one attached hydrogen (secondary N) is 1. The molecule has 2 rings (SSSR count). The summed E-state index contributed by atoms with van der Waals surface area (Å²) >= 11 is 0. The highest BCUT2D eigenvalue weighted by Crippen LogP contribution is 2.24. The van der Waals surface area contributed by atoms with Gasteiger partial charge in [0.2, 0.25) is 0 Å². The van der Waals surface area contributed by atoms with Crippen molar-refractivity contribution in [3.8, 4) is 5.75 Å². The average molecular weight is 311 g/mol. The largest absolute Gasteiger partial charge is 0.481 e. The van der Waals surface area contributed by atoms with Crippen LogP contribution in [0.5, 0.6) is 5.75 Å². The number of benzene rings is 2. The van der Waals surface area contributed by atoms with Crippen LogP contribution in [0.15, 0.2) is 30.3 Å². The van der Waals surface area contributed by atoms with Crippen LogP contribution in [0, 0.1) is 34.6 Å². The first kappa shape index (κ1) is 17.1. The van der Waals surface area contributed by atoms with Gasteiger partial charge >= 0.3 is 0 Å². The highest BCUT2D eigenvalue weighted by Gasteiger charge is 2.17. The minimum atomic E-state index is -0.560. The molecule has 3 nitrogen and oxygen atoms in total. The normalized spacial score (nSPS) is 11.9. The van der Waals surface area contributed by atoms with E-state index in [9.17, 15) is 4.79 Å². The summed E-state index contributed by atoms with van der Waals surface area (Å²) in [6.45, 7) is 11.9. The molecule has 0 aliphatic rings. The van der Waals surface area contributed by atoms with Gasteiger partial charge in [-0.1, -0.05) is 12.1 Å².